The minimum atomic E-state index is -0.0392. The Morgan fingerprint density at radius 1 is 1.29 bits per heavy atom. The number of amides is 2. The first-order valence-electron chi connectivity index (χ1n) is 6.28. The summed E-state index contributed by atoms with van der Waals surface area (Å²) in [5.74, 6) is 0.435. The van der Waals surface area contributed by atoms with Crippen LogP contribution in [0.2, 0.25) is 0 Å². The largest absolute Gasteiger partial charge is 0.378 e. The second-order valence-corrected chi connectivity index (χ2v) is 4.94. The highest BCUT2D eigenvalue weighted by atomic mass is 16.5. The van der Waals surface area contributed by atoms with Crippen LogP contribution >= 0.6 is 0 Å². The number of rotatable bonds is 1. The van der Waals surface area contributed by atoms with Gasteiger partial charge in [0.1, 0.15) is 0 Å². The number of hydrogen-bond donors (Lipinski definition) is 2. The SMILES string of the molecule is NC1C2CCOC2C1NC(=O)N1CCOCC1. The molecule has 0 aromatic carbocycles. The van der Waals surface area contributed by atoms with Gasteiger partial charge in [-0.05, 0) is 6.42 Å². The third-order valence-corrected chi connectivity index (χ3v) is 4.03. The quantitative estimate of drug-likeness (QED) is 0.626. The van der Waals surface area contributed by atoms with Crippen molar-refractivity contribution in [2.45, 2.75) is 24.6 Å². The van der Waals surface area contributed by atoms with Crippen molar-refractivity contribution in [2.75, 3.05) is 32.9 Å². The van der Waals surface area contributed by atoms with Crippen molar-refractivity contribution < 1.29 is 14.3 Å². The number of fused-ring (bicyclic) bond motifs is 1. The summed E-state index contributed by atoms with van der Waals surface area (Å²) in [4.78, 5) is 13.8. The van der Waals surface area contributed by atoms with Crippen molar-refractivity contribution in [3.8, 4) is 0 Å². The second kappa shape index (κ2) is 4.44. The van der Waals surface area contributed by atoms with Crippen LogP contribution in [0.5, 0.6) is 0 Å². The molecule has 2 amide bonds. The van der Waals surface area contributed by atoms with E-state index in [1.165, 1.54) is 0 Å². The highest BCUT2D eigenvalue weighted by Gasteiger charge is 2.52. The van der Waals surface area contributed by atoms with E-state index in [0.29, 0.717) is 32.2 Å². The van der Waals surface area contributed by atoms with Gasteiger partial charge in [-0.15, -0.1) is 0 Å². The fourth-order valence-electron chi connectivity index (χ4n) is 2.93. The average molecular weight is 241 g/mol. The van der Waals surface area contributed by atoms with E-state index in [0.717, 1.165) is 13.0 Å². The zero-order valence-corrected chi connectivity index (χ0v) is 9.80. The van der Waals surface area contributed by atoms with Gasteiger partial charge in [0.15, 0.2) is 0 Å². The molecule has 0 radical (unpaired) electrons. The zero-order chi connectivity index (χ0) is 11.8. The smallest absolute Gasteiger partial charge is 0.317 e. The molecule has 6 heteroatoms. The summed E-state index contributed by atoms with van der Waals surface area (Å²) in [5.41, 5.74) is 6.05. The maximum atomic E-state index is 12.0. The van der Waals surface area contributed by atoms with E-state index in [1.807, 2.05) is 0 Å². The maximum absolute atomic E-state index is 12.0. The Morgan fingerprint density at radius 2 is 2.06 bits per heavy atom. The van der Waals surface area contributed by atoms with Crippen LogP contribution in [-0.4, -0.2) is 62.0 Å². The average Bonchev–Trinajstić information content (AvgIpc) is 2.81. The number of nitrogens with two attached hydrogens (primary N) is 1. The number of carbonyl (C=O) groups excluding carboxylic acids is 1. The van der Waals surface area contributed by atoms with Crippen LogP contribution in [0.25, 0.3) is 0 Å². The van der Waals surface area contributed by atoms with Gasteiger partial charge in [-0.1, -0.05) is 0 Å². The van der Waals surface area contributed by atoms with Crippen molar-refractivity contribution in [3.05, 3.63) is 0 Å². The van der Waals surface area contributed by atoms with Crippen LogP contribution in [0.3, 0.4) is 0 Å². The number of hydrogen-bond acceptors (Lipinski definition) is 4. The van der Waals surface area contributed by atoms with Crippen LogP contribution in [-0.2, 0) is 9.47 Å². The van der Waals surface area contributed by atoms with Gasteiger partial charge < -0.3 is 25.4 Å². The van der Waals surface area contributed by atoms with Gasteiger partial charge in [-0.25, -0.2) is 4.79 Å². The topological polar surface area (TPSA) is 76.8 Å². The number of ether oxygens (including phenoxy) is 2. The molecular formula is C11H19N3O3. The molecule has 0 spiro atoms. The summed E-state index contributed by atoms with van der Waals surface area (Å²) in [7, 11) is 0. The first-order chi connectivity index (χ1) is 8.27. The molecule has 3 N–H and O–H groups in total. The van der Waals surface area contributed by atoms with E-state index in [2.05, 4.69) is 5.32 Å². The van der Waals surface area contributed by atoms with Crippen LogP contribution in [0.15, 0.2) is 0 Å². The van der Waals surface area contributed by atoms with Crippen molar-refractivity contribution in [2.24, 2.45) is 11.7 Å². The lowest BCUT2D eigenvalue weighted by atomic mass is 9.72. The minimum absolute atomic E-state index is 0.0159. The molecule has 0 aromatic heterocycles. The maximum Gasteiger partial charge on any atom is 0.317 e. The van der Waals surface area contributed by atoms with E-state index in [1.54, 1.807) is 4.90 Å². The molecule has 17 heavy (non-hydrogen) atoms. The van der Waals surface area contributed by atoms with Crippen molar-refractivity contribution in [1.82, 2.24) is 10.2 Å². The highest BCUT2D eigenvalue weighted by Crippen LogP contribution is 2.37. The number of nitrogens with one attached hydrogen (secondary N) is 1. The van der Waals surface area contributed by atoms with Crippen LogP contribution in [0, 0.1) is 5.92 Å². The summed E-state index contributed by atoms with van der Waals surface area (Å²) < 4.78 is 10.8. The molecule has 2 heterocycles. The molecular weight excluding hydrogens is 222 g/mol. The van der Waals surface area contributed by atoms with Gasteiger partial charge >= 0.3 is 6.03 Å². The number of urea groups is 1. The molecule has 3 rings (SSSR count). The van der Waals surface area contributed by atoms with Crippen LogP contribution in [0.1, 0.15) is 6.42 Å². The minimum Gasteiger partial charge on any atom is -0.378 e. The number of nitrogens with zero attached hydrogens (tertiary/aromatic N) is 1. The summed E-state index contributed by atoms with van der Waals surface area (Å²) in [6, 6.07) is -0.00645. The van der Waals surface area contributed by atoms with E-state index >= 15 is 0 Å². The van der Waals surface area contributed by atoms with Gasteiger partial charge in [-0.2, -0.15) is 0 Å². The van der Waals surface area contributed by atoms with Crippen LogP contribution < -0.4 is 11.1 Å². The highest BCUT2D eigenvalue weighted by molar-refractivity contribution is 5.75. The molecule has 4 unspecified atom stereocenters. The number of morpholine rings is 1. The van der Waals surface area contributed by atoms with Crippen molar-refractivity contribution in [1.29, 1.82) is 0 Å². The third kappa shape index (κ3) is 1.90. The first kappa shape index (κ1) is 11.3. The van der Waals surface area contributed by atoms with E-state index in [4.69, 9.17) is 15.2 Å². The fourth-order valence-corrected chi connectivity index (χ4v) is 2.93. The molecule has 4 atom stereocenters. The standard InChI is InChI=1S/C11H19N3O3/c12-8-7-1-4-17-10(7)9(8)13-11(15)14-2-5-16-6-3-14/h7-10H,1-6,12H2,(H,13,15). The van der Waals surface area contributed by atoms with Gasteiger partial charge in [0.25, 0.3) is 0 Å². The molecule has 1 saturated carbocycles. The predicted octanol–water partition coefficient (Wildman–Crippen LogP) is -0.857. The van der Waals surface area contributed by atoms with Gasteiger partial charge in [-0.3, -0.25) is 0 Å². The summed E-state index contributed by atoms with van der Waals surface area (Å²) in [5, 5.41) is 2.99. The molecule has 6 nitrogen and oxygen atoms in total. The molecule has 0 aromatic rings. The Bertz CT molecular complexity index is 306. The monoisotopic (exact) mass is 241 g/mol. The summed E-state index contributed by atoms with van der Waals surface area (Å²) in [6.07, 6.45) is 1.16. The Balaban J connectivity index is 1.54. The van der Waals surface area contributed by atoms with Crippen molar-refractivity contribution >= 4 is 6.03 Å². The lowest BCUT2D eigenvalue weighted by molar-refractivity contribution is -0.0174. The third-order valence-electron chi connectivity index (χ3n) is 4.03. The van der Waals surface area contributed by atoms with Crippen LogP contribution in [0.4, 0.5) is 4.79 Å². The molecule has 96 valence electrons. The Hall–Kier alpha value is -0.850. The lowest BCUT2D eigenvalue weighted by Crippen LogP contribution is -2.70. The molecule has 3 aliphatic rings. The van der Waals surface area contributed by atoms with E-state index < -0.39 is 0 Å². The predicted molar refractivity (Wildman–Crippen MR) is 60.5 cm³/mol. The Labute approximate surface area is 100 Å². The Kier molecular flexibility index (Phi) is 2.94. The first-order valence-corrected chi connectivity index (χ1v) is 6.28. The summed E-state index contributed by atoms with van der Waals surface area (Å²) in [6.45, 7) is 3.32. The van der Waals surface area contributed by atoms with Gasteiger partial charge in [0, 0.05) is 31.7 Å². The van der Waals surface area contributed by atoms with E-state index in [9.17, 15) is 4.79 Å². The molecule has 2 saturated heterocycles. The summed E-state index contributed by atoms with van der Waals surface area (Å²) >= 11 is 0. The lowest BCUT2D eigenvalue weighted by Gasteiger charge is -2.46. The normalized spacial score (nSPS) is 40.6. The van der Waals surface area contributed by atoms with Gasteiger partial charge in [0.2, 0.25) is 0 Å². The molecule has 1 aliphatic carbocycles. The van der Waals surface area contributed by atoms with Gasteiger partial charge in [0.05, 0.1) is 25.4 Å². The fraction of sp³-hybridized carbons (Fsp3) is 0.909. The zero-order valence-electron chi connectivity index (χ0n) is 9.80. The van der Waals surface area contributed by atoms with Crippen molar-refractivity contribution in [3.63, 3.8) is 0 Å². The number of carbonyl (C=O) groups is 1. The molecule has 3 fully saturated rings. The molecule has 0 bridgehead atoms. The molecule has 2 aliphatic heterocycles. The second-order valence-electron chi connectivity index (χ2n) is 4.94. The Morgan fingerprint density at radius 3 is 2.82 bits per heavy atom. The van der Waals surface area contributed by atoms with E-state index in [-0.39, 0.29) is 24.2 Å².